The van der Waals surface area contributed by atoms with Crippen LogP contribution >= 0.6 is 0 Å². The summed E-state index contributed by atoms with van der Waals surface area (Å²) in [6.45, 7) is 5.67. The van der Waals surface area contributed by atoms with Crippen molar-refractivity contribution in [3.05, 3.63) is 47.5 Å². The molecule has 0 radical (unpaired) electrons. The topological polar surface area (TPSA) is 71.0 Å². The van der Waals surface area contributed by atoms with E-state index in [2.05, 4.69) is 25.2 Å². The minimum Gasteiger partial charge on any atom is -0.349 e. The highest BCUT2D eigenvalue weighted by molar-refractivity contribution is 5.94. The van der Waals surface area contributed by atoms with E-state index in [1.807, 2.05) is 19.9 Å². The molecule has 120 valence electrons. The Morgan fingerprint density at radius 1 is 1.13 bits per heavy atom. The molecule has 0 aliphatic carbocycles. The number of carbonyl (C=O) groups excluding carboxylic acids is 1. The van der Waals surface area contributed by atoms with Gasteiger partial charge in [-0.15, -0.1) is 0 Å². The highest BCUT2D eigenvalue weighted by Gasteiger charge is 2.22. The Hall–Kier alpha value is -2.50. The molecule has 0 aromatic carbocycles. The number of nitrogens with zero attached hydrogens (tertiary/aromatic N) is 4. The minimum absolute atomic E-state index is 0.0338. The number of aryl methyl sites for hydroxylation is 2. The van der Waals surface area contributed by atoms with Crippen LogP contribution in [0.25, 0.3) is 0 Å². The van der Waals surface area contributed by atoms with E-state index < -0.39 is 0 Å². The molecule has 0 saturated carbocycles. The highest BCUT2D eigenvalue weighted by Crippen LogP contribution is 2.17. The number of rotatable bonds is 3. The molecule has 1 fully saturated rings. The summed E-state index contributed by atoms with van der Waals surface area (Å²) in [6.07, 6.45) is 5.06. The summed E-state index contributed by atoms with van der Waals surface area (Å²) in [4.78, 5) is 27.3. The second-order valence-electron chi connectivity index (χ2n) is 5.92. The molecule has 0 bridgehead atoms. The molecule has 0 unspecified atom stereocenters. The van der Waals surface area contributed by atoms with Crippen LogP contribution in [0.3, 0.4) is 0 Å². The number of hydrogen-bond donors (Lipinski definition) is 1. The quantitative estimate of drug-likeness (QED) is 0.937. The van der Waals surface area contributed by atoms with Gasteiger partial charge in [-0.2, -0.15) is 0 Å². The zero-order valence-electron chi connectivity index (χ0n) is 13.5. The predicted molar refractivity (Wildman–Crippen MR) is 88.4 cm³/mol. The SMILES string of the molecule is Cc1cc(C)nc(N2CCC(NC(=O)c3ccncc3)CC2)n1. The summed E-state index contributed by atoms with van der Waals surface area (Å²) in [5.74, 6) is 0.759. The Kier molecular flexibility index (Phi) is 4.50. The molecule has 6 nitrogen and oxygen atoms in total. The van der Waals surface area contributed by atoms with E-state index in [1.165, 1.54) is 0 Å². The Balaban J connectivity index is 1.57. The number of anilines is 1. The number of piperidine rings is 1. The molecule has 6 heteroatoms. The first-order valence-electron chi connectivity index (χ1n) is 7.90. The smallest absolute Gasteiger partial charge is 0.251 e. The van der Waals surface area contributed by atoms with Crippen molar-refractivity contribution < 1.29 is 4.79 Å². The molecular formula is C17H21N5O. The van der Waals surface area contributed by atoms with Gasteiger partial charge < -0.3 is 10.2 Å². The first kappa shape index (κ1) is 15.4. The summed E-state index contributed by atoms with van der Waals surface area (Å²) >= 11 is 0. The first-order valence-corrected chi connectivity index (χ1v) is 7.90. The maximum Gasteiger partial charge on any atom is 0.251 e. The van der Waals surface area contributed by atoms with Crippen LogP contribution in [0.2, 0.25) is 0 Å². The lowest BCUT2D eigenvalue weighted by molar-refractivity contribution is 0.0931. The molecule has 3 heterocycles. The largest absolute Gasteiger partial charge is 0.349 e. The lowest BCUT2D eigenvalue weighted by Crippen LogP contribution is -2.45. The highest BCUT2D eigenvalue weighted by atomic mass is 16.1. The van der Waals surface area contributed by atoms with E-state index in [0.717, 1.165) is 43.3 Å². The van der Waals surface area contributed by atoms with Gasteiger partial charge in [-0.1, -0.05) is 0 Å². The third-order valence-electron chi connectivity index (χ3n) is 4.03. The fourth-order valence-corrected chi connectivity index (χ4v) is 2.84. The number of carbonyl (C=O) groups is 1. The molecule has 1 aliphatic rings. The van der Waals surface area contributed by atoms with Crippen LogP contribution in [0, 0.1) is 13.8 Å². The van der Waals surface area contributed by atoms with Crippen LogP contribution in [0.5, 0.6) is 0 Å². The first-order chi connectivity index (χ1) is 11.1. The van der Waals surface area contributed by atoms with Gasteiger partial charge in [0.1, 0.15) is 0 Å². The lowest BCUT2D eigenvalue weighted by atomic mass is 10.0. The number of nitrogens with one attached hydrogen (secondary N) is 1. The summed E-state index contributed by atoms with van der Waals surface area (Å²) < 4.78 is 0. The number of hydrogen-bond acceptors (Lipinski definition) is 5. The summed E-state index contributed by atoms with van der Waals surface area (Å²) in [5, 5.41) is 3.10. The van der Waals surface area contributed by atoms with E-state index in [9.17, 15) is 4.79 Å². The van der Waals surface area contributed by atoms with Gasteiger partial charge in [-0.3, -0.25) is 9.78 Å². The van der Waals surface area contributed by atoms with Crippen LogP contribution in [0.4, 0.5) is 5.95 Å². The molecule has 0 spiro atoms. The van der Waals surface area contributed by atoms with Crippen molar-refractivity contribution in [2.75, 3.05) is 18.0 Å². The number of aromatic nitrogens is 3. The monoisotopic (exact) mass is 311 g/mol. The van der Waals surface area contributed by atoms with E-state index in [1.54, 1.807) is 24.5 Å². The van der Waals surface area contributed by atoms with Gasteiger partial charge in [-0.25, -0.2) is 9.97 Å². The molecule has 1 aliphatic heterocycles. The molecule has 0 atom stereocenters. The third-order valence-corrected chi connectivity index (χ3v) is 4.03. The number of pyridine rings is 1. The Morgan fingerprint density at radius 2 is 1.74 bits per heavy atom. The summed E-state index contributed by atoms with van der Waals surface area (Å²) in [6, 6.07) is 5.63. The van der Waals surface area contributed by atoms with E-state index in [-0.39, 0.29) is 11.9 Å². The maximum atomic E-state index is 12.2. The molecule has 3 rings (SSSR count). The van der Waals surface area contributed by atoms with Gasteiger partial charge in [-0.05, 0) is 44.9 Å². The lowest BCUT2D eigenvalue weighted by Gasteiger charge is -2.32. The fraction of sp³-hybridized carbons (Fsp3) is 0.412. The normalized spacial score (nSPS) is 15.5. The van der Waals surface area contributed by atoms with Crippen LogP contribution in [-0.2, 0) is 0 Å². The average molecular weight is 311 g/mol. The summed E-state index contributed by atoms with van der Waals surface area (Å²) in [5.41, 5.74) is 2.63. The van der Waals surface area contributed by atoms with Crippen molar-refractivity contribution in [2.24, 2.45) is 0 Å². The van der Waals surface area contributed by atoms with E-state index >= 15 is 0 Å². The van der Waals surface area contributed by atoms with Crippen molar-refractivity contribution in [2.45, 2.75) is 32.7 Å². The third kappa shape index (κ3) is 3.83. The molecule has 1 amide bonds. The molecule has 23 heavy (non-hydrogen) atoms. The zero-order valence-corrected chi connectivity index (χ0v) is 13.5. The van der Waals surface area contributed by atoms with E-state index in [4.69, 9.17) is 0 Å². The van der Waals surface area contributed by atoms with Crippen LogP contribution in [0.15, 0.2) is 30.6 Å². The Bertz CT molecular complexity index is 660. The standard InChI is InChI=1S/C17H21N5O/c1-12-11-13(2)20-17(19-12)22-9-5-15(6-10-22)21-16(23)14-3-7-18-8-4-14/h3-4,7-8,11,15H,5-6,9-10H2,1-2H3,(H,21,23). The molecule has 1 saturated heterocycles. The molecule has 2 aromatic rings. The predicted octanol–water partition coefficient (Wildman–Crippen LogP) is 1.89. The van der Waals surface area contributed by atoms with Gasteiger partial charge in [0.15, 0.2) is 0 Å². The number of amides is 1. The van der Waals surface area contributed by atoms with Gasteiger partial charge in [0.25, 0.3) is 5.91 Å². The molecule has 2 aromatic heterocycles. The fourth-order valence-electron chi connectivity index (χ4n) is 2.84. The van der Waals surface area contributed by atoms with E-state index in [0.29, 0.717) is 5.56 Å². The summed E-state index contributed by atoms with van der Waals surface area (Å²) in [7, 11) is 0. The van der Waals surface area contributed by atoms with Crippen LogP contribution < -0.4 is 10.2 Å². The van der Waals surface area contributed by atoms with Crippen molar-refractivity contribution in [1.82, 2.24) is 20.3 Å². The van der Waals surface area contributed by atoms with Gasteiger partial charge >= 0.3 is 0 Å². The molecular weight excluding hydrogens is 290 g/mol. The molecule has 1 N–H and O–H groups in total. The Labute approximate surface area is 136 Å². The maximum absolute atomic E-state index is 12.2. The van der Waals surface area contributed by atoms with Crippen LogP contribution in [-0.4, -0.2) is 40.0 Å². The van der Waals surface area contributed by atoms with Gasteiger partial charge in [0, 0.05) is 48.5 Å². The Morgan fingerprint density at radius 3 is 2.35 bits per heavy atom. The van der Waals surface area contributed by atoms with Gasteiger partial charge in [0.2, 0.25) is 5.95 Å². The zero-order chi connectivity index (χ0) is 16.2. The van der Waals surface area contributed by atoms with Crippen LogP contribution in [0.1, 0.15) is 34.6 Å². The average Bonchev–Trinajstić information content (AvgIpc) is 2.55. The van der Waals surface area contributed by atoms with Crippen molar-refractivity contribution in [3.8, 4) is 0 Å². The minimum atomic E-state index is -0.0338. The van der Waals surface area contributed by atoms with Crippen molar-refractivity contribution in [3.63, 3.8) is 0 Å². The second kappa shape index (κ2) is 6.73. The van der Waals surface area contributed by atoms with Gasteiger partial charge in [0.05, 0.1) is 0 Å². The van der Waals surface area contributed by atoms with Crippen molar-refractivity contribution >= 4 is 11.9 Å². The second-order valence-corrected chi connectivity index (χ2v) is 5.92. The van der Waals surface area contributed by atoms with Crippen molar-refractivity contribution in [1.29, 1.82) is 0 Å².